The zero-order chi connectivity index (χ0) is 16.0. The first-order chi connectivity index (χ1) is 9.01. The van der Waals surface area contributed by atoms with Gasteiger partial charge in [-0.3, -0.25) is 4.79 Å². The predicted octanol–water partition coefficient (Wildman–Crippen LogP) is 1.90. The molecule has 5 nitrogen and oxygen atoms in total. The van der Waals surface area contributed by atoms with Gasteiger partial charge >= 0.3 is 5.97 Å². The molecule has 0 saturated carbocycles. The Labute approximate surface area is 122 Å². The first-order valence-corrected chi connectivity index (χ1v) is 9.54. The van der Waals surface area contributed by atoms with Crippen LogP contribution in [-0.4, -0.2) is 46.9 Å². The second-order valence-electron chi connectivity index (χ2n) is 6.32. The van der Waals surface area contributed by atoms with Gasteiger partial charge in [0.05, 0.1) is 20.3 Å². The Morgan fingerprint density at radius 1 is 1.20 bits per heavy atom. The Bertz CT molecular complexity index is 372. The lowest BCUT2D eigenvalue weighted by Gasteiger charge is -2.36. The van der Waals surface area contributed by atoms with Crippen LogP contribution in [-0.2, 0) is 18.8 Å². The molecule has 0 unspecified atom stereocenters. The number of carbonyl (C=O) groups excluding carboxylic acids is 2. The maximum absolute atomic E-state index is 11.2. The first kappa shape index (κ1) is 19.0. The molecule has 0 heterocycles. The zero-order valence-corrected chi connectivity index (χ0v) is 14.5. The third-order valence-corrected chi connectivity index (χ3v) is 8.00. The van der Waals surface area contributed by atoms with Crippen molar-refractivity contribution >= 4 is 20.1 Å². The SMILES string of the molecule is C=C(CNCC(=O)C(=O)OC)CO[Si](C)(C)C(C)(C)C. The molecule has 0 aromatic rings. The molecule has 0 rings (SSSR count). The molecule has 20 heavy (non-hydrogen) atoms. The van der Waals surface area contributed by atoms with Crippen LogP contribution in [0.15, 0.2) is 12.2 Å². The summed E-state index contributed by atoms with van der Waals surface area (Å²) in [6.45, 7) is 15.6. The molecule has 0 bridgehead atoms. The van der Waals surface area contributed by atoms with Gasteiger partial charge in [-0.2, -0.15) is 0 Å². The first-order valence-electron chi connectivity index (χ1n) is 6.63. The maximum atomic E-state index is 11.2. The van der Waals surface area contributed by atoms with E-state index >= 15 is 0 Å². The molecule has 0 spiro atoms. The number of carbonyl (C=O) groups is 2. The van der Waals surface area contributed by atoms with E-state index in [1.54, 1.807) is 0 Å². The van der Waals surface area contributed by atoms with E-state index in [0.29, 0.717) is 13.2 Å². The van der Waals surface area contributed by atoms with Gasteiger partial charge in [0.25, 0.3) is 5.78 Å². The van der Waals surface area contributed by atoms with Crippen molar-refractivity contribution in [1.82, 2.24) is 5.32 Å². The van der Waals surface area contributed by atoms with Gasteiger partial charge in [0, 0.05) is 6.54 Å². The van der Waals surface area contributed by atoms with Crippen LogP contribution >= 0.6 is 0 Å². The molecule has 0 aliphatic heterocycles. The van der Waals surface area contributed by atoms with Gasteiger partial charge in [0.1, 0.15) is 0 Å². The molecule has 0 radical (unpaired) electrons. The number of hydrogen-bond acceptors (Lipinski definition) is 5. The van der Waals surface area contributed by atoms with Crippen LogP contribution in [0.4, 0.5) is 0 Å². The van der Waals surface area contributed by atoms with Crippen molar-refractivity contribution in [3.05, 3.63) is 12.2 Å². The monoisotopic (exact) mass is 301 g/mol. The second kappa shape index (κ2) is 7.71. The van der Waals surface area contributed by atoms with Crippen LogP contribution in [0.25, 0.3) is 0 Å². The van der Waals surface area contributed by atoms with Gasteiger partial charge in [-0.25, -0.2) is 4.79 Å². The van der Waals surface area contributed by atoms with Crippen LogP contribution in [0.2, 0.25) is 18.1 Å². The van der Waals surface area contributed by atoms with Crippen molar-refractivity contribution < 1.29 is 18.8 Å². The molecule has 0 saturated heterocycles. The fourth-order valence-electron chi connectivity index (χ4n) is 1.09. The van der Waals surface area contributed by atoms with Crippen molar-refractivity contribution in [3.63, 3.8) is 0 Å². The summed E-state index contributed by atoms with van der Waals surface area (Å²) in [5.74, 6) is -1.42. The summed E-state index contributed by atoms with van der Waals surface area (Å²) < 4.78 is 10.3. The maximum Gasteiger partial charge on any atom is 0.375 e. The Morgan fingerprint density at radius 3 is 2.20 bits per heavy atom. The number of ether oxygens (including phenoxy) is 1. The number of nitrogens with one attached hydrogen (secondary N) is 1. The quantitative estimate of drug-likeness (QED) is 0.321. The minimum absolute atomic E-state index is 0.0498. The summed E-state index contributed by atoms with van der Waals surface area (Å²) in [6, 6.07) is 0. The lowest BCUT2D eigenvalue weighted by Crippen LogP contribution is -2.41. The Morgan fingerprint density at radius 2 is 1.75 bits per heavy atom. The van der Waals surface area contributed by atoms with Crippen molar-refractivity contribution in [2.24, 2.45) is 0 Å². The Hall–Kier alpha value is -0.983. The average Bonchev–Trinajstić information content (AvgIpc) is 2.33. The van der Waals surface area contributed by atoms with Crippen molar-refractivity contribution in [2.75, 3.05) is 26.8 Å². The Kier molecular flexibility index (Phi) is 7.33. The molecule has 1 N–H and O–H groups in total. The van der Waals surface area contributed by atoms with E-state index < -0.39 is 20.1 Å². The molecule has 0 fully saturated rings. The number of ketones is 1. The highest BCUT2D eigenvalue weighted by Gasteiger charge is 2.37. The largest absolute Gasteiger partial charge is 0.463 e. The number of hydrogen-bond donors (Lipinski definition) is 1. The summed E-state index contributed by atoms with van der Waals surface area (Å²) in [6.07, 6.45) is 0. The lowest BCUT2D eigenvalue weighted by molar-refractivity contribution is -0.151. The highest BCUT2D eigenvalue weighted by Crippen LogP contribution is 2.36. The molecule has 0 atom stereocenters. The van der Waals surface area contributed by atoms with Crippen LogP contribution < -0.4 is 5.32 Å². The van der Waals surface area contributed by atoms with Crippen molar-refractivity contribution in [3.8, 4) is 0 Å². The molecule has 0 aromatic carbocycles. The highest BCUT2D eigenvalue weighted by molar-refractivity contribution is 6.74. The van der Waals surface area contributed by atoms with Crippen LogP contribution in [0, 0.1) is 0 Å². The number of methoxy groups -OCH3 is 1. The van der Waals surface area contributed by atoms with Gasteiger partial charge in [-0.05, 0) is 23.7 Å². The minimum atomic E-state index is -1.78. The van der Waals surface area contributed by atoms with Crippen LogP contribution in [0.1, 0.15) is 20.8 Å². The smallest absolute Gasteiger partial charge is 0.375 e. The summed E-state index contributed by atoms with van der Waals surface area (Å²) in [5, 5.41) is 3.01. The normalized spacial score (nSPS) is 12.1. The van der Waals surface area contributed by atoms with Gasteiger partial charge in [0.15, 0.2) is 8.32 Å². The standard InChI is InChI=1S/C14H27NO4Si/c1-11(8-15-9-12(16)13(17)18-5)10-19-20(6,7)14(2,3)4/h15H,1,8-10H2,2-7H3. The van der Waals surface area contributed by atoms with Crippen molar-refractivity contribution in [1.29, 1.82) is 0 Å². The Balaban J connectivity index is 4.03. The van der Waals surface area contributed by atoms with Crippen molar-refractivity contribution in [2.45, 2.75) is 38.9 Å². The number of rotatable bonds is 8. The number of esters is 1. The highest BCUT2D eigenvalue weighted by atomic mass is 28.4. The fraction of sp³-hybridized carbons (Fsp3) is 0.714. The molecule has 0 aliphatic carbocycles. The van der Waals surface area contributed by atoms with E-state index in [2.05, 4.69) is 50.5 Å². The van der Waals surface area contributed by atoms with Crippen LogP contribution in [0.3, 0.4) is 0 Å². The average molecular weight is 301 g/mol. The summed E-state index contributed by atoms with van der Waals surface area (Å²) in [5.41, 5.74) is 0.854. The van der Waals surface area contributed by atoms with E-state index in [1.165, 1.54) is 7.11 Å². The van der Waals surface area contributed by atoms with E-state index in [1.807, 2.05) is 0 Å². The van der Waals surface area contributed by atoms with E-state index in [4.69, 9.17) is 4.43 Å². The third kappa shape index (κ3) is 6.45. The summed E-state index contributed by atoms with van der Waals surface area (Å²) in [4.78, 5) is 22.1. The predicted molar refractivity (Wildman–Crippen MR) is 82.2 cm³/mol. The lowest BCUT2D eigenvalue weighted by atomic mass is 10.2. The number of Topliss-reactive ketones (excluding diaryl/α,β-unsaturated/α-hetero) is 1. The van der Waals surface area contributed by atoms with Gasteiger partial charge in [-0.1, -0.05) is 27.4 Å². The molecular weight excluding hydrogens is 274 g/mol. The van der Waals surface area contributed by atoms with Gasteiger partial charge < -0.3 is 14.5 Å². The van der Waals surface area contributed by atoms with E-state index in [0.717, 1.165) is 5.57 Å². The van der Waals surface area contributed by atoms with E-state index in [9.17, 15) is 9.59 Å². The topological polar surface area (TPSA) is 64.6 Å². The van der Waals surface area contributed by atoms with Gasteiger partial charge in [0.2, 0.25) is 0 Å². The minimum Gasteiger partial charge on any atom is -0.463 e. The molecule has 0 aromatic heterocycles. The molecule has 0 aliphatic rings. The van der Waals surface area contributed by atoms with E-state index in [-0.39, 0.29) is 11.6 Å². The zero-order valence-electron chi connectivity index (χ0n) is 13.5. The molecular formula is C14H27NO4Si. The van der Waals surface area contributed by atoms with Crippen LogP contribution in [0.5, 0.6) is 0 Å². The summed E-state index contributed by atoms with van der Waals surface area (Å²) >= 11 is 0. The molecule has 0 amide bonds. The van der Waals surface area contributed by atoms with Gasteiger partial charge in [-0.15, -0.1) is 0 Å². The third-order valence-electron chi connectivity index (χ3n) is 3.52. The molecule has 6 heteroatoms. The second-order valence-corrected chi connectivity index (χ2v) is 11.1. The summed E-state index contributed by atoms with van der Waals surface area (Å²) in [7, 11) is -0.595. The molecule has 116 valence electrons. The fourth-order valence-corrected chi connectivity index (χ4v) is 2.09.